The normalized spacial score (nSPS) is 12.0. The van der Waals surface area contributed by atoms with E-state index in [-0.39, 0.29) is 13.0 Å². The smallest absolute Gasteiger partial charge is 0.396 e. The van der Waals surface area contributed by atoms with Gasteiger partial charge < -0.3 is 5.11 Å². The van der Waals surface area contributed by atoms with Crippen LogP contribution in [0.2, 0.25) is 0 Å². The molecule has 0 radical (unpaired) electrons. The molecule has 0 saturated carbocycles. The molecule has 0 fully saturated rings. The summed E-state index contributed by atoms with van der Waals surface area (Å²) in [5.74, 6) is 0. The van der Waals surface area contributed by atoms with Crippen LogP contribution in [0, 0.1) is 0 Å². The fourth-order valence-corrected chi connectivity index (χ4v) is 1.43. The van der Waals surface area contributed by atoms with Crippen molar-refractivity contribution < 1.29 is 18.3 Å². The van der Waals surface area contributed by atoms with Crippen LogP contribution in [-0.4, -0.2) is 16.7 Å². The number of alkyl halides is 3. The van der Waals surface area contributed by atoms with Gasteiger partial charge >= 0.3 is 6.18 Å². The molecule has 68 valence electrons. The molecular weight excluding hydrogens is 191 g/mol. The predicted molar refractivity (Wildman–Crippen MR) is 37.9 cm³/mol. The Balaban J connectivity index is 2.77. The molecule has 0 saturated heterocycles. The average Bonchev–Trinajstić information content (AvgIpc) is 2.35. The van der Waals surface area contributed by atoms with E-state index in [1.807, 2.05) is 0 Å². The third-order valence-corrected chi connectivity index (χ3v) is 2.26. The molecule has 0 aliphatic carbocycles. The van der Waals surface area contributed by atoms with Crippen molar-refractivity contribution in [3.8, 4) is 0 Å². The lowest BCUT2D eigenvalue weighted by Crippen LogP contribution is -2.02. The van der Waals surface area contributed by atoms with Crippen LogP contribution in [-0.2, 0) is 12.6 Å². The van der Waals surface area contributed by atoms with Gasteiger partial charge in [0.15, 0.2) is 5.01 Å². The summed E-state index contributed by atoms with van der Waals surface area (Å²) in [6.45, 7) is -0.153. The number of aliphatic hydroxyl groups is 1. The molecule has 0 unspecified atom stereocenters. The van der Waals surface area contributed by atoms with E-state index in [1.165, 1.54) is 0 Å². The van der Waals surface area contributed by atoms with Crippen LogP contribution < -0.4 is 0 Å². The molecule has 1 aromatic rings. The van der Waals surface area contributed by atoms with Crippen molar-refractivity contribution in [3.63, 3.8) is 0 Å². The van der Waals surface area contributed by atoms with E-state index in [0.717, 1.165) is 6.20 Å². The van der Waals surface area contributed by atoms with E-state index < -0.39 is 11.2 Å². The Bertz CT molecular complexity index is 258. The van der Waals surface area contributed by atoms with Crippen molar-refractivity contribution in [2.24, 2.45) is 0 Å². The molecule has 0 aliphatic heterocycles. The maximum Gasteiger partial charge on any atom is 0.443 e. The molecule has 1 N–H and O–H groups in total. The summed E-state index contributed by atoms with van der Waals surface area (Å²) in [7, 11) is 0. The molecule has 0 spiro atoms. The van der Waals surface area contributed by atoms with Gasteiger partial charge in [-0.1, -0.05) is 0 Å². The molecule has 1 aromatic heterocycles. The van der Waals surface area contributed by atoms with Crippen LogP contribution >= 0.6 is 11.3 Å². The number of rotatable bonds is 2. The summed E-state index contributed by atoms with van der Waals surface area (Å²) in [5, 5.41) is 7.57. The zero-order valence-electron chi connectivity index (χ0n) is 5.93. The van der Waals surface area contributed by atoms with E-state index >= 15 is 0 Å². The first kappa shape index (κ1) is 9.47. The largest absolute Gasteiger partial charge is 0.443 e. The van der Waals surface area contributed by atoms with Crippen LogP contribution in [0.15, 0.2) is 6.20 Å². The zero-order chi connectivity index (χ0) is 9.19. The van der Waals surface area contributed by atoms with E-state index in [9.17, 15) is 13.2 Å². The molecule has 6 heteroatoms. The second-order valence-electron chi connectivity index (χ2n) is 2.10. The Morgan fingerprint density at radius 1 is 1.50 bits per heavy atom. The maximum absolute atomic E-state index is 11.9. The quantitative estimate of drug-likeness (QED) is 0.782. The second-order valence-corrected chi connectivity index (χ2v) is 3.22. The minimum Gasteiger partial charge on any atom is -0.396 e. The van der Waals surface area contributed by atoms with E-state index in [0.29, 0.717) is 16.2 Å². The maximum atomic E-state index is 11.9. The lowest BCUT2D eigenvalue weighted by molar-refractivity contribution is -0.137. The Hall–Kier alpha value is -0.620. The minimum absolute atomic E-state index is 0.153. The SMILES string of the molecule is OCCc1cnc(C(F)(F)F)s1. The predicted octanol–water partition coefficient (Wildman–Crippen LogP) is 1.70. The third-order valence-electron chi connectivity index (χ3n) is 1.15. The first-order chi connectivity index (χ1) is 5.54. The van der Waals surface area contributed by atoms with Crippen LogP contribution in [0.3, 0.4) is 0 Å². The van der Waals surface area contributed by atoms with E-state index in [2.05, 4.69) is 4.98 Å². The second kappa shape index (κ2) is 3.40. The molecule has 12 heavy (non-hydrogen) atoms. The molecule has 2 nitrogen and oxygen atoms in total. The van der Waals surface area contributed by atoms with Crippen molar-refractivity contribution in [1.29, 1.82) is 0 Å². The molecule has 1 rings (SSSR count). The fourth-order valence-electron chi connectivity index (χ4n) is 0.664. The first-order valence-electron chi connectivity index (χ1n) is 3.17. The molecule has 0 atom stereocenters. The standard InChI is InChI=1S/C6H6F3NOS/c7-6(8,9)5-10-3-4(12-5)1-2-11/h3,11H,1-2H2. The van der Waals surface area contributed by atoms with Gasteiger partial charge in [-0.15, -0.1) is 11.3 Å². The van der Waals surface area contributed by atoms with Gasteiger partial charge in [0.2, 0.25) is 0 Å². The van der Waals surface area contributed by atoms with Crippen molar-refractivity contribution in [1.82, 2.24) is 4.98 Å². The highest BCUT2D eigenvalue weighted by Gasteiger charge is 2.34. The fraction of sp³-hybridized carbons (Fsp3) is 0.500. The van der Waals surface area contributed by atoms with Crippen LogP contribution in [0.5, 0.6) is 0 Å². The Morgan fingerprint density at radius 3 is 2.58 bits per heavy atom. The van der Waals surface area contributed by atoms with E-state index in [4.69, 9.17) is 5.11 Å². The van der Waals surface area contributed by atoms with Crippen LogP contribution in [0.4, 0.5) is 13.2 Å². The Morgan fingerprint density at radius 2 is 2.17 bits per heavy atom. The molecule has 0 bridgehead atoms. The Labute approximate surface area is 70.7 Å². The molecule has 0 aliphatic rings. The van der Waals surface area contributed by atoms with Crippen molar-refractivity contribution in [3.05, 3.63) is 16.1 Å². The minimum atomic E-state index is -4.36. The van der Waals surface area contributed by atoms with Crippen LogP contribution in [0.1, 0.15) is 9.88 Å². The molecular formula is C6H6F3NOS. The lowest BCUT2D eigenvalue weighted by Gasteiger charge is -1.98. The number of hydrogen-bond acceptors (Lipinski definition) is 3. The van der Waals surface area contributed by atoms with Gasteiger partial charge in [0.1, 0.15) is 0 Å². The topological polar surface area (TPSA) is 33.1 Å². The summed E-state index contributed by atoms with van der Waals surface area (Å²) < 4.78 is 35.8. The number of thiazole rings is 1. The monoisotopic (exact) mass is 197 g/mol. The van der Waals surface area contributed by atoms with Crippen molar-refractivity contribution in [2.45, 2.75) is 12.6 Å². The highest BCUT2D eigenvalue weighted by Crippen LogP contribution is 2.32. The van der Waals surface area contributed by atoms with Gasteiger partial charge in [-0.2, -0.15) is 13.2 Å². The number of nitrogens with zero attached hydrogens (tertiary/aromatic N) is 1. The van der Waals surface area contributed by atoms with Gasteiger partial charge in [-0.3, -0.25) is 0 Å². The molecule has 1 heterocycles. The lowest BCUT2D eigenvalue weighted by atomic mass is 10.4. The molecule has 0 aromatic carbocycles. The number of halogens is 3. The Kier molecular flexibility index (Phi) is 2.69. The summed E-state index contributed by atoms with van der Waals surface area (Å²) in [5.41, 5.74) is 0. The molecule has 0 amide bonds. The summed E-state index contributed by atoms with van der Waals surface area (Å²) >= 11 is 0.568. The number of aliphatic hydroxyl groups excluding tert-OH is 1. The van der Waals surface area contributed by atoms with Gasteiger partial charge in [0.25, 0.3) is 0 Å². The number of hydrogen-bond donors (Lipinski definition) is 1. The van der Waals surface area contributed by atoms with Gasteiger partial charge in [-0.05, 0) is 0 Å². The van der Waals surface area contributed by atoms with Gasteiger partial charge in [0, 0.05) is 24.1 Å². The summed E-state index contributed by atoms with van der Waals surface area (Å²) in [6, 6.07) is 0. The summed E-state index contributed by atoms with van der Waals surface area (Å²) in [4.78, 5) is 3.64. The first-order valence-corrected chi connectivity index (χ1v) is 3.98. The number of aromatic nitrogens is 1. The van der Waals surface area contributed by atoms with Crippen molar-refractivity contribution >= 4 is 11.3 Å². The highest BCUT2D eigenvalue weighted by atomic mass is 32.1. The van der Waals surface area contributed by atoms with Crippen molar-refractivity contribution in [2.75, 3.05) is 6.61 Å². The highest BCUT2D eigenvalue weighted by molar-refractivity contribution is 7.11. The van der Waals surface area contributed by atoms with Gasteiger partial charge in [-0.25, -0.2) is 4.98 Å². The third kappa shape index (κ3) is 2.18. The van der Waals surface area contributed by atoms with Gasteiger partial charge in [0.05, 0.1) is 0 Å². The summed E-state index contributed by atoms with van der Waals surface area (Å²) in [6.07, 6.45) is -2.99. The van der Waals surface area contributed by atoms with Crippen LogP contribution in [0.25, 0.3) is 0 Å². The zero-order valence-corrected chi connectivity index (χ0v) is 6.74. The van der Waals surface area contributed by atoms with E-state index in [1.54, 1.807) is 0 Å². The average molecular weight is 197 g/mol.